The number of rotatable bonds is 24. The van der Waals surface area contributed by atoms with Gasteiger partial charge in [0, 0.05) is 104 Å². The molecule has 1 aliphatic carbocycles. The Labute approximate surface area is 534 Å². The Morgan fingerprint density at radius 2 is 1.63 bits per heavy atom. The van der Waals surface area contributed by atoms with Crippen molar-refractivity contribution in [2.75, 3.05) is 109 Å². The highest BCUT2D eigenvalue weighted by Crippen LogP contribution is 2.44. The van der Waals surface area contributed by atoms with Crippen molar-refractivity contribution >= 4 is 78.9 Å². The van der Waals surface area contributed by atoms with Gasteiger partial charge < -0.3 is 43.9 Å². The predicted molar refractivity (Wildman–Crippen MR) is 344 cm³/mol. The number of nitro groups is 1. The average molecular weight is 1280 g/mol. The number of hydrogen-bond acceptors (Lipinski definition) is 17. The number of halogens is 1. The van der Waals surface area contributed by atoms with Gasteiger partial charge in [-0.2, -0.15) is 0 Å². The summed E-state index contributed by atoms with van der Waals surface area (Å²) in [5.41, 5.74) is 7.36. The highest BCUT2D eigenvalue weighted by Gasteiger charge is 2.39. The van der Waals surface area contributed by atoms with Crippen molar-refractivity contribution in [3.05, 3.63) is 152 Å². The number of carbonyl (C=O) groups excluding carboxylic acids is 4. The number of nitro benzene ring substituents is 1. The Kier molecular flexibility index (Phi) is 20.5. The van der Waals surface area contributed by atoms with Crippen molar-refractivity contribution < 1.29 is 51.5 Å². The van der Waals surface area contributed by atoms with Crippen molar-refractivity contribution in [2.45, 2.75) is 76.3 Å². The Hall–Kier alpha value is -8.21. The number of carbonyl (C=O) groups is 4. The lowest BCUT2D eigenvalue weighted by atomic mass is 9.72. The number of allylic oxidation sites excluding steroid dienone is 1. The number of likely N-dealkylation sites (tertiary alicyclic amines) is 1. The summed E-state index contributed by atoms with van der Waals surface area (Å²) >= 11 is 6.27. The van der Waals surface area contributed by atoms with Crippen LogP contribution in [0.15, 0.2) is 114 Å². The monoisotopic (exact) mass is 1280 g/mol. The van der Waals surface area contributed by atoms with Gasteiger partial charge in [0.15, 0.2) is 0 Å². The van der Waals surface area contributed by atoms with Gasteiger partial charge in [-0.05, 0) is 140 Å². The molecule has 22 nitrogen and oxygen atoms in total. The van der Waals surface area contributed by atoms with E-state index >= 15 is 0 Å². The van der Waals surface area contributed by atoms with E-state index in [2.05, 4.69) is 77.8 Å². The van der Waals surface area contributed by atoms with E-state index in [1.54, 1.807) is 30.5 Å². The van der Waals surface area contributed by atoms with Crippen LogP contribution in [0.3, 0.4) is 0 Å². The molecule has 6 heterocycles. The smallest absolute Gasteiger partial charge is 0.293 e. The molecule has 3 saturated heterocycles. The van der Waals surface area contributed by atoms with E-state index in [1.807, 2.05) is 30.3 Å². The number of pyridine rings is 1. The molecule has 91 heavy (non-hydrogen) atoms. The summed E-state index contributed by atoms with van der Waals surface area (Å²) < 4.78 is 53.5. The largest absolute Gasteiger partial charge is 0.455 e. The Morgan fingerprint density at radius 3 is 2.40 bits per heavy atom. The number of piperidine rings is 2. The summed E-state index contributed by atoms with van der Waals surface area (Å²) in [5, 5.41) is 19.4. The van der Waals surface area contributed by atoms with Crippen LogP contribution in [0.1, 0.15) is 96.2 Å². The fourth-order valence-electron chi connectivity index (χ4n) is 12.4. The first-order chi connectivity index (χ1) is 43.9. The van der Waals surface area contributed by atoms with Gasteiger partial charge in [0.1, 0.15) is 35.5 Å². The molecule has 0 bridgehead atoms. The number of nitrogens with zero attached hydrogens (tertiary/aromatic N) is 6. The van der Waals surface area contributed by atoms with Gasteiger partial charge >= 0.3 is 0 Å². The lowest BCUT2D eigenvalue weighted by Crippen LogP contribution is -2.52. The third-order valence-electron chi connectivity index (χ3n) is 17.6. The average Bonchev–Trinajstić information content (AvgIpc) is 1.78. The number of fused-ring (bicyclic) bond motifs is 2. The third-order valence-corrected chi connectivity index (χ3v) is 19.1. The Morgan fingerprint density at radius 1 is 0.857 bits per heavy atom. The number of amides is 4. The maximum absolute atomic E-state index is 14.2. The van der Waals surface area contributed by atoms with Crippen LogP contribution in [0.4, 0.5) is 17.1 Å². The first-order valence-electron chi connectivity index (χ1n) is 30.9. The number of aromatic amines is 1. The first kappa shape index (κ1) is 64.3. The van der Waals surface area contributed by atoms with E-state index in [0.717, 1.165) is 99.1 Å². The molecular formula is C67H75ClN10O12S. The van der Waals surface area contributed by atoms with Crippen molar-refractivity contribution in [1.29, 1.82) is 0 Å². The molecule has 11 rings (SSSR count). The lowest BCUT2D eigenvalue weighted by Gasteiger charge is -2.39. The summed E-state index contributed by atoms with van der Waals surface area (Å²) in [7, 11) is -4.63. The van der Waals surface area contributed by atoms with Crippen molar-refractivity contribution in [1.82, 2.24) is 34.7 Å². The Bertz CT molecular complexity index is 3910. The highest BCUT2D eigenvalue weighted by atomic mass is 35.5. The van der Waals surface area contributed by atoms with E-state index in [1.165, 1.54) is 46.0 Å². The van der Waals surface area contributed by atoms with Gasteiger partial charge in [0.2, 0.25) is 11.8 Å². The molecule has 4 N–H and O–H groups in total. The number of hydrogen-bond donors (Lipinski definition) is 4. The number of H-pyrrole nitrogens is 1. The molecule has 4 amide bonds. The van der Waals surface area contributed by atoms with Gasteiger partial charge in [0.05, 0.1) is 54.6 Å². The molecule has 1 unspecified atom stereocenters. The van der Waals surface area contributed by atoms with Crippen LogP contribution in [-0.4, -0.2) is 166 Å². The lowest BCUT2D eigenvalue weighted by molar-refractivity contribution is -0.384. The molecule has 0 spiro atoms. The first-order valence-corrected chi connectivity index (χ1v) is 32.8. The van der Waals surface area contributed by atoms with Gasteiger partial charge in [0.25, 0.3) is 27.5 Å². The van der Waals surface area contributed by atoms with Gasteiger partial charge in [-0.3, -0.25) is 39.5 Å². The molecule has 4 aromatic carbocycles. The van der Waals surface area contributed by atoms with E-state index in [0.29, 0.717) is 88.2 Å². The summed E-state index contributed by atoms with van der Waals surface area (Å²) in [6.07, 6.45) is 8.61. The highest BCUT2D eigenvalue weighted by molar-refractivity contribution is 7.90. The van der Waals surface area contributed by atoms with Crippen LogP contribution in [0.25, 0.3) is 16.6 Å². The number of ether oxygens (including phenoxy) is 4. The number of anilines is 2. The van der Waals surface area contributed by atoms with Crippen LogP contribution in [-0.2, 0) is 40.4 Å². The van der Waals surface area contributed by atoms with E-state index in [-0.39, 0.29) is 53.2 Å². The van der Waals surface area contributed by atoms with E-state index in [4.69, 9.17) is 30.5 Å². The molecule has 3 fully saturated rings. The van der Waals surface area contributed by atoms with Gasteiger partial charge in [-0.15, -0.1) is 0 Å². The standard InChI is InChI=1S/C67H75ClN10O12S/c1-67(2)21-17-50(57(40-67)47-7-9-51(68)10-8-47)43-75-25-27-76(28-26-75)52-11-13-55(61(38-52)90-53-37-48-18-22-69-63(48)71-42-53)64(80)73-91(85,86)54-12-14-58(60(39-54)78(83)84)70-41-46-19-23-74(24-20-46)29-31-88-33-35-89-34-32-87-30-3-4-45-5-6-49-44-77(66(82)56(49)36-45)59-15-16-62(79)72-65(59)81/h5-14,18,22,36-39,42,46,59,70H,15-17,19-21,23-35,40-41,43-44H2,1-2H3,(H,69,71)(H,73,80)(H,72,79,81). The molecule has 5 aliphatic rings. The maximum atomic E-state index is 14.2. The quantitative estimate of drug-likeness (QED) is 0.0145. The second-order valence-electron chi connectivity index (χ2n) is 24.4. The summed E-state index contributed by atoms with van der Waals surface area (Å²) in [6.45, 7) is 13.9. The topological polar surface area (TPSA) is 260 Å². The zero-order valence-corrected chi connectivity index (χ0v) is 52.7. The molecule has 478 valence electrons. The summed E-state index contributed by atoms with van der Waals surface area (Å²) in [6, 6.07) is 25.1. The normalized spacial score (nSPS) is 18.2. The molecule has 1 atom stereocenters. The van der Waals surface area contributed by atoms with Crippen LogP contribution < -0.4 is 25.0 Å². The van der Waals surface area contributed by atoms with E-state index < -0.39 is 43.4 Å². The number of aromatic nitrogens is 2. The zero-order chi connectivity index (χ0) is 63.7. The van der Waals surface area contributed by atoms with Crippen molar-refractivity contribution in [3.8, 4) is 23.3 Å². The second-order valence-corrected chi connectivity index (χ2v) is 26.6. The molecule has 2 aromatic heterocycles. The molecular weight excluding hydrogens is 1200 g/mol. The summed E-state index contributed by atoms with van der Waals surface area (Å²) in [4.78, 5) is 78.6. The zero-order valence-electron chi connectivity index (χ0n) is 51.1. The fraction of sp³-hybridized carbons (Fsp3) is 0.418. The van der Waals surface area contributed by atoms with Crippen LogP contribution >= 0.6 is 11.6 Å². The minimum atomic E-state index is -4.63. The van der Waals surface area contributed by atoms with Crippen LogP contribution in [0.5, 0.6) is 11.5 Å². The molecule has 24 heteroatoms. The van der Waals surface area contributed by atoms with Crippen molar-refractivity contribution in [2.24, 2.45) is 11.3 Å². The SMILES string of the molecule is CC1(C)CCC(CN2CCN(c3ccc(C(=O)NS(=O)(=O)c4ccc(NCC5CCN(CCOCCOCCOCC#Cc6ccc7c(c6)C(=O)N(C6CCC(=O)NC6=O)C7)CC5)c([N+](=O)[O-])c4)c(Oc4cnc5[nH]ccc5c4)c3)CC2)=C(c2ccc(Cl)cc2)C1. The second kappa shape index (κ2) is 29.0. The molecule has 0 saturated carbocycles. The van der Waals surface area contributed by atoms with Gasteiger partial charge in [-0.25, -0.2) is 18.1 Å². The molecule has 4 aliphatic heterocycles. The number of benzene rings is 4. The number of piperazine rings is 1. The van der Waals surface area contributed by atoms with Crippen LogP contribution in [0.2, 0.25) is 5.02 Å². The summed E-state index contributed by atoms with van der Waals surface area (Å²) in [5.74, 6) is 4.64. The minimum Gasteiger partial charge on any atom is -0.455 e. The number of imide groups is 1. The van der Waals surface area contributed by atoms with Gasteiger partial charge in [-0.1, -0.05) is 61.1 Å². The maximum Gasteiger partial charge on any atom is 0.293 e. The predicted octanol–water partition coefficient (Wildman–Crippen LogP) is 8.81. The molecule has 0 radical (unpaired) electrons. The third kappa shape index (κ3) is 16.3. The van der Waals surface area contributed by atoms with Crippen molar-refractivity contribution in [3.63, 3.8) is 0 Å². The van der Waals surface area contributed by atoms with E-state index in [9.17, 15) is 37.7 Å². The minimum absolute atomic E-state index is 0.0576. The number of nitrogens with one attached hydrogen (secondary N) is 4. The van der Waals surface area contributed by atoms with Crippen LogP contribution in [0, 0.1) is 33.3 Å². The fourth-order valence-corrected chi connectivity index (χ4v) is 13.5. The molecule has 6 aromatic rings. The Balaban J connectivity index is 0.611. The number of sulfonamides is 1.